The highest BCUT2D eigenvalue weighted by Crippen LogP contribution is 2.34. The second-order valence-electron chi connectivity index (χ2n) is 10.4. The van der Waals surface area contributed by atoms with Crippen LogP contribution in [0.25, 0.3) is 16.4 Å². The molecule has 1 aliphatic heterocycles. The lowest BCUT2D eigenvalue weighted by Gasteiger charge is -2.28. The summed E-state index contributed by atoms with van der Waals surface area (Å²) in [6.45, 7) is 5.00. The number of fused-ring (bicyclic) bond motifs is 1. The molecule has 0 saturated heterocycles. The Morgan fingerprint density at radius 2 is 1.83 bits per heavy atom. The third kappa shape index (κ3) is 5.69. The van der Waals surface area contributed by atoms with Gasteiger partial charge >= 0.3 is 5.69 Å². The van der Waals surface area contributed by atoms with Crippen molar-refractivity contribution in [2.45, 2.75) is 39.5 Å². The standard InChI is InChI=1S/C32H28BrClN4O3S/c1-20(2)41-24-11-9-23(10-12-24)38-29(30-35-18-25(42-30)16-21-6-4-3-5-7-21)28-19-36(14-15-37(28)32(38)40)31(39)22-8-13-26(33)27(34)17-22/h3-13,17-18,20H,14-16,19H2,1-2H3. The van der Waals surface area contributed by atoms with E-state index in [4.69, 9.17) is 21.3 Å². The molecule has 0 spiro atoms. The molecule has 0 radical (unpaired) electrons. The first-order valence-corrected chi connectivity index (χ1v) is 15.6. The second-order valence-corrected chi connectivity index (χ2v) is 12.8. The molecule has 0 saturated carbocycles. The summed E-state index contributed by atoms with van der Waals surface area (Å²) in [5.74, 6) is 0.595. The van der Waals surface area contributed by atoms with Crippen LogP contribution in [0.1, 0.15) is 40.3 Å². The van der Waals surface area contributed by atoms with Crippen LogP contribution in [0.3, 0.4) is 0 Å². The first-order chi connectivity index (χ1) is 20.3. The van der Waals surface area contributed by atoms with Crippen LogP contribution in [0, 0.1) is 0 Å². The maximum atomic E-state index is 13.9. The minimum atomic E-state index is -0.156. The van der Waals surface area contributed by atoms with E-state index >= 15 is 0 Å². The highest BCUT2D eigenvalue weighted by molar-refractivity contribution is 9.10. The number of carbonyl (C=O) groups excluding carboxylic acids is 1. The van der Waals surface area contributed by atoms with Crippen LogP contribution in [-0.2, 0) is 19.5 Å². The Labute approximate surface area is 261 Å². The number of amides is 1. The van der Waals surface area contributed by atoms with Crippen molar-refractivity contribution in [1.29, 1.82) is 0 Å². The summed E-state index contributed by atoms with van der Waals surface area (Å²) in [5, 5.41) is 1.20. The fraction of sp³-hybridized carbons (Fsp3) is 0.219. The maximum Gasteiger partial charge on any atom is 0.333 e. The lowest BCUT2D eigenvalue weighted by molar-refractivity contribution is 0.0710. The van der Waals surface area contributed by atoms with Crippen LogP contribution in [0.5, 0.6) is 5.75 Å². The van der Waals surface area contributed by atoms with E-state index in [0.29, 0.717) is 35.1 Å². The average molecular weight is 664 g/mol. The van der Waals surface area contributed by atoms with Gasteiger partial charge in [0.15, 0.2) is 0 Å². The van der Waals surface area contributed by atoms with E-state index in [-0.39, 0.29) is 24.2 Å². The zero-order valence-corrected chi connectivity index (χ0v) is 26.2. The lowest BCUT2D eigenvalue weighted by Crippen LogP contribution is -2.40. The number of aromatic nitrogens is 3. The first-order valence-electron chi connectivity index (χ1n) is 13.6. The highest BCUT2D eigenvalue weighted by Gasteiger charge is 2.31. The third-order valence-electron chi connectivity index (χ3n) is 7.08. The van der Waals surface area contributed by atoms with Gasteiger partial charge in [-0.15, -0.1) is 11.3 Å². The molecule has 214 valence electrons. The van der Waals surface area contributed by atoms with Crippen LogP contribution in [0.4, 0.5) is 0 Å². The Morgan fingerprint density at radius 1 is 1.07 bits per heavy atom. The van der Waals surface area contributed by atoms with Crippen LogP contribution in [0.15, 0.2) is 88.3 Å². The van der Waals surface area contributed by atoms with Crippen LogP contribution in [-0.4, -0.2) is 37.6 Å². The predicted octanol–water partition coefficient (Wildman–Crippen LogP) is 7.21. The van der Waals surface area contributed by atoms with Crippen molar-refractivity contribution in [2.75, 3.05) is 6.54 Å². The van der Waals surface area contributed by atoms with Gasteiger partial charge in [0.2, 0.25) is 0 Å². The Bertz CT molecular complexity index is 1810. The molecule has 0 aliphatic carbocycles. The lowest BCUT2D eigenvalue weighted by atomic mass is 10.1. The molecule has 0 fully saturated rings. The number of nitrogens with zero attached hydrogens (tertiary/aromatic N) is 4. The summed E-state index contributed by atoms with van der Waals surface area (Å²) in [6.07, 6.45) is 2.66. The van der Waals surface area contributed by atoms with Gasteiger partial charge in [-0.25, -0.2) is 9.78 Å². The van der Waals surface area contributed by atoms with Crippen molar-refractivity contribution in [2.24, 2.45) is 0 Å². The summed E-state index contributed by atoms with van der Waals surface area (Å²) in [6, 6.07) is 22.9. The van der Waals surface area contributed by atoms with Gasteiger partial charge < -0.3 is 9.64 Å². The summed E-state index contributed by atoms with van der Waals surface area (Å²) in [4.78, 5) is 35.1. The molecule has 10 heteroatoms. The van der Waals surface area contributed by atoms with Crippen molar-refractivity contribution in [1.82, 2.24) is 19.0 Å². The molecule has 3 heterocycles. The van der Waals surface area contributed by atoms with E-state index < -0.39 is 0 Å². The molecule has 7 nitrogen and oxygen atoms in total. The monoisotopic (exact) mass is 662 g/mol. The summed E-state index contributed by atoms with van der Waals surface area (Å²) >= 11 is 11.2. The Kier molecular flexibility index (Phi) is 8.07. The van der Waals surface area contributed by atoms with Gasteiger partial charge in [0, 0.05) is 40.6 Å². The number of rotatable bonds is 7. The van der Waals surface area contributed by atoms with Gasteiger partial charge in [-0.3, -0.25) is 13.9 Å². The van der Waals surface area contributed by atoms with Gasteiger partial charge in [0.25, 0.3) is 5.91 Å². The molecule has 5 aromatic rings. The van der Waals surface area contributed by atoms with Gasteiger partial charge in [-0.05, 0) is 77.8 Å². The normalized spacial score (nSPS) is 12.9. The van der Waals surface area contributed by atoms with Crippen molar-refractivity contribution in [3.8, 4) is 22.1 Å². The Hall–Kier alpha value is -3.66. The molecule has 6 rings (SSSR count). The number of hydrogen-bond donors (Lipinski definition) is 0. The minimum Gasteiger partial charge on any atom is -0.491 e. The zero-order valence-electron chi connectivity index (χ0n) is 23.1. The van der Waals surface area contributed by atoms with Crippen molar-refractivity contribution < 1.29 is 9.53 Å². The molecule has 2 aromatic heterocycles. The van der Waals surface area contributed by atoms with E-state index in [9.17, 15) is 9.59 Å². The zero-order chi connectivity index (χ0) is 29.4. The van der Waals surface area contributed by atoms with E-state index in [1.807, 2.05) is 62.5 Å². The minimum absolute atomic E-state index is 0.0402. The number of carbonyl (C=O) groups is 1. The van der Waals surface area contributed by atoms with E-state index in [2.05, 4.69) is 28.1 Å². The SMILES string of the molecule is CC(C)Oc1ccc(-n2c(-c3ncc(Cc4ccccc4)s3)c3n(c2=O)CCN(C(=O)c2ccc(Br)c(Cl)c2)C3)cc1. The maximum absolute atomic E-state index is 13.9. The smallest absolute Gasteiger partial charge is 0.333 e. The molecule has 1 aliphatic rings. The number of hydrogen-bond acceptors (Lipinski definition) is 5. The molecule has 3 aromatic carbocycles. The second kappa shape index (κ2) is 11.9. The van der Waals surface area contributed by atoms with Crippen molar-refractivity contribution >= 4 is 44.8 Å². The molecule has 0 bridgehead atoms. The Morgan fingerprint density at radius 3 is 2.55 bits per heavy atom. The average Bonchev–Trinajstić information content (AvgIpc) is 3.56. The summed E-state index contributed by atoms with van der Waals surface area (Å²) in [7, 11) is 0. The van der Waals surface area contributed by atoms with E-state index in [1.165, 1.54) is 5.56 Å². The molecule has 42 heavy (non-hydrogen) atoms. The van der Waals surface area contributed by atoms with Gasteiger partial charge in [0.1, 0.15) is 16.5 Å². The number of thiazole rings is 1. The van der Waals surface area contributed by atoms with Crippen molar-refractivity contribution in [3.05, 3.63) is 121 Å². The molecule has 0 unspecified atom stereocenters. The van der Waals surface area contributed by atoms with Gasteiger partial charge in [-0.2, -0.15) is 0 Å². The number of imidazole rings is 1. The van der Waals surface area contributed by atoms with Crippen LogP contribution in [0.2, 0.25) is 5.02 Å². The number of halogens is 2. The van der Waals surface area contributed by atoms with Crippen molar-refractivity contribution in [3.63, 3.8) is 0 Å². The topological polar surface area (TPSA) is 69.4 Å². The quantitative estimate of drug-likeness (QED) is 0.185. The van der Waals surface area contributed by atoms with Crippen LogP contribution < -0.4 is 10.4 Å². The third-order valence-corrected chi connectivity index (χ3v) is 9.31. The fourth-order valence-corrected chi connectivity index (χ4v) is 6.58. The summed E-state index contributed by atoms with van der Waals surface area (Å²) < 4.78 is 10.0. The number of benzene rings is 3. The number of ether oxygens (including phenoxy) is 1. The predicted molar refractivity (Wildman–Crippen MR) is 170 cm³/mol. The summed E-state index contributed by atoms with van der Waals surface area (Å²) in [5.41, 5.74) is 3.70. The fourth-order valence-electron chi connectivity index (χ4n) is 5.15. The van der Waals surface area contributed by atoms with Crippen LogP contribution >= 0.6 is 38.9 Å². The Balaban J connectivity index is 1.42. The first kappa shape index (κ1) is 28.5. The van der Waals surface area contributed by atoms with Gasteiger partial charge in [-0.1, -0.05) is 41.9 Å². The molecule has 0 atom stereocenters. The molecule has 0 N–H and O–H groups in total. The van der Waals surface area contributed by atoms with Gasteiger partial charge in [0.05, 0.1) is 29.1 Å². The largest absolute Gasteiger partial charge is 0.491 e. The highest BCUT2D eigenvalue weighted by atomic mass is 79.9. The molecular formula is C32H28BrClN4O3S. The van der Waals surface area contributed by atoms with E-state index in [0.717, 1.165) is 32.2 Å². The molecular weight excluding hydrogens is 636 g/mol. The van der Waals surface area contributed by atoms with E-state index in [1.54, 1.807) is 43.6 Å². The molecule has 1 amide bonds.